The van der Waals surface area contributed by atoms with Gasteiger partial charge < -0.3 is 9.88 Å². The second kappa shape index (κ2) is 6.45. The van der Waals surface area contributed by atoms with Crippen molar-refractivity contribution in [2.75, 3.05) is 0 Å². The smallest absolute Gasteiger partial charge is 0.263 e. The Balaban J connectivity index is 1.49. The van der Waals surface area contributed by atoms with E-state index >= 15 is 0 Å². The number of carbonyl (C=O) groups excluding carboxylic acids is 1. The topological polar surface area (TPSA) is 72.7 Å². The molecule has 0 fully saturated rings. The van der Waals surface area contributed by atoms with Gasteiger partial charge in [0.2, 0.25) is 0 Å². The second-order valence-corrected chi connectivity index (χ2v) is 6.55. The summed E-state index contributed by atoms with van der Waals surface area (Å²) in [6.45, 7) is 0.368. The number of thiazole rings is 1. The highest BCUT2D eigenvalue weighted by Crippen LogP contribution is 2.24. The molecule has 6 nitrogen and oxygen atoms in total. The average Bonchev–Trinajstić information content (AvgIpc) is 3.26. The summed E-state index contributed by atoms with van der Waals surface area (Å²) in [4.78, 5) is 25.8. The van der Waals surface area contributed by atoms with Gasteiger partial charge in [0, 0.05) is 25.0 Å². The van der Waals surface area contributed by atoms with E-state index in [1.165, 1.54) is 11.3 Å². The summed E-state index contributed by atoms with van der Waals surface area (Å²) in [6.07, 6.45) is 5.02. The fraction of sp³-hybridized carbons (Fsp3) is 0.111. The number of aromatic nitrogens is 4. The maximum atomic E-state index is 12.4. The van der Waals surface area contributed by atoms with Crippen molar-refractivity contribution >= 4 is 28.3 Å². The third-order valence-corrected chi connectivity index (χ3v) is 4.99. The number of nitrogens with zero attached hydrogens (tertiary/aromatic N) is 4. The number of pyridine rings is 1. The third-order valence-electron chi connectivity index (χ3n) is 3.94. The maximum absolute atomic E-state index is 12.4. The molecule has 0 aliphatic rings. The molecule has 0 unspecified atom stereocenters. The standard InChI is InChI=1S/C18H15N5OS/c1-23-14-5-3-2-4-13(14)22-16(23)11-20-17(24)15-10-21-18(25-15)12-6-8-19-9-7-12/h2-10H,11H2,1H3,(H,20,24). The van der Waals surface area contributed by atoms with Gasteiger partial charge in [-0.05, 0) is 24.3 Å². The van der Waals surface area contributed by atoms with E-state index in [1.54, 1.807) is 18.6 Å². The van der Waals surface area contributed by atoms with Crippen LogP contribution in [0.2, 0.25) is 0 Å². The number of fused-ring (bicyclic) bond motifs is 1. The molecule has 1 amide bonds. The predicted molar refractivity (Wildman–Crippen MR) is 97.2 cm³/mol. The van der Waals surface area contributed by atoms with Crippen LogP contribution in [0.5, 0.6) is 0 Å². The fourth-order valence-electron chi connectivity index (χ4n) is 2.61. The number of carbonyl (C=O) groups is 1. The van der Waals surface area contributed by atoms with Crippen LogP contribution in [0, 0.1) is 0 Å². The van der Waals surface area contributed by atoms with E-state index in [1.807, 2.05) is 48.0 Å². The SMILES string of the molecule is Cn1c(CNC(=O)c2cnc(-c3ccncc3)s2)nc2ccccc21. The first-order valence-electron chi connectivity index (χ1n) is 7.77. The van der Waals surface area contributed by atoms with E-state index in [9.17, 15) is 4.79 Å². The van der Waals surface area contributed by atoms with Crippen molar-refractivity contribution < 1.29 is 4.79 Å². The van der Waals surface area contributed by atoms with Crippen molar-refractivity contribution in [1.82, 2.24) is 24.8 Å². The quantitative estimate of drug-likeness (QED) is 0.615. The summed E-state index contributed by atoms with van der Waals surface area (Å²) in [5, 5.41) is 3.72. The Bertz CT molecular complexity index is 1040. The Morgan fingerprint density at radius 2 is 2.00 bits per heavy atom. The first kappa shape index (κ1) is 15.5. The lowest BCUT2D eigenvalue weighted by molar-refractivity contribution is 0.0953. The highest BCUT2D eigenvalue weighted by molar-refractivity contribution is 7.16. The molecule has 7 heteroatoms. The lowest BCUT2D eigenvalue weighted by Crippen LogP contribution is -2.23. The Kier molecular flexibility index (Phi) is 3.99. The predicted octanol–water partition coefficient (Wildman–Crippen LogP) is 3.02. The van der Waals surface area contributed by atoms with Gasteiger partial charge in [-0.3, -0.25) is 9.78 Å². The molecule has 0 atom stereocenters. The number of aryl methyl sites for hydroxylation is 1. The van der Waals surface area contributed by atoms with Crippen LogP contribution in [0.4, 0.5) is 0 Å². The monoisotopic (exact) mass is 349 g/mol. The molecular weight excluding hydrogens is 334 g/mol. The Labute approximate surface area is 148 Å². The molecule has 0 radical (unpaired) electrons. The van der Waals surface area contributed by atoms with E-state index in [4.69, 9.17) is 0 Å². The highest BCUT2D eigenvalue weighted by Gasteiger charge is 2.13. The first-order valence-corrected chi connectivity index (χ1v) is 8.59. The normalized spacial score (nSPS) is 10.9. The van der Waals surface area contributed by atoms with Crippen LogP contribution in [0.15, 0.2) is 55.0 Å². The summed E-state index contributed by atoms with van der Waals surface area (Å²) in [5.41, 5.74) is 2.92. The molecule has 0 aliphatic carbocycles. The van der Waals surface area contributed by atoms with Gasteiger partial charge in [0.05, 0.1) is 23.8 Å². The highest BCUT2D eigenvalue weighted by atomic mass is 32.1. The lowest BCUT2D eigenvalue weighted by atomic mass is 10.3. The number of imidazole rings is 1. The van der Waals surface area contributed by atoms with E-state index in [0.29, 0.717) is 11.4 Å². The van der Waals surface area contributed by atoms with Crippen LogP contribution in [0.1, 0.15) is 15.5 Å². The second-order valence-electron chi connectivity index (χ2n) is 5.52. The fourth-order valence-corrected chi connectivity index (χ4v) is 3.44. The van der Waals surface area contributed by atoms with Crippen LogP contribution < -0.4 is 5.32 Å². The minimum absolute atomic E-state index is 0.148. The molecule has 0 saturated heterocycles. The average molecular weight is 349 g/mol. The zero-order chi connectivity index (χ0) is 17.2. The van der Waals surface area contributed by atoms with Crippen LogP contribution >= 0.6 is 11.3 Å². The zero-order valence-corrected chi connectivity index (χ0v) is 14.3. The number of hydrogen-bond acceptors (Lipinski definition) is 5. The van der Waals surface area contributed by atoms with E-state index in [-0.39, 0.29) is 5.91 Å². The Hall–Kier alpha value is -3.06. The molecule has 1 N–H and O–H groups in total. The number of amides is 1. The summed E-state index contributed by atoms with van der Waals surface area (Å²) in [6, 6.07) is 11.7. The minimum Gasteiger partial charge on any atom is -0.344 e. The number of benzene rings is 1. The number of hydrogen-bond donors (Lipinski definition) is 1. The van der Waals surface area contributed by atoms with Crippen molar-refractivity contribution in [2.24, 2.45) is 7.05 Å². The van der Waals surface area contributed by atoms with Crippen molar-refractivity contribution in [2.45, 2.75) is 6.54 Å². The molecule has 124 valence electrons. The van der Waals surface area contributed by atoms with Gasteiger partial charge in [0.25, 0.3) is 5.91 Å². The van der Waals surface area contributed by atoms with Gasteiger partial charge in [0.15, 0.2) is 0 Å². The van der Waals surface area contributed by atoms with Gasteiger partial charge in [0.1, 0.15) is 15.7 Å². The van der Waals surface area contributed by atoms with Gasteiger partial charge >= 0.3 is 0 Å². The van der Waals surface area contributed by atoms with Gasteiger partial charge in [-0.15, -0.1) is 11.3 Å². The molecule has 4 aromatic rings. The summed E-state index contributed by atoms with van der Waals surface area (Å²) in [7, 11) is 1.95. The Morgan fingerprint density at radius 1 is 1.20 bits per heavy atom. The van der Waals surface area contributed by atoms with Gasteiger partial charge in [-0.25, -0.2) is 9.97 Å². The van der Waals surface area contributed by atoms with Crippen molar-refractivity contribution in [3.63, 3.8) is 0 Å². The Morgan fingerprint density at radius 3 is 2.80 bits per heavy atom. The molecule has 4 rings (SSSR count). The summed E-state index contributed by atoms with van der Waals surface area (Å²) >= 11 is 1.36. The molecule has 0 spiro atoms. The first-order chi connectivity index (χ1) is 12.2. The summed E-state index contributed by atoms with van der Waals surface area (Å²) in [5.74, 6) is 0.665. The molecule has 0 saturated carbocycles. The van der Waals surface area contributed by atoms with Crippen LogP contribution in [-0.4, -0.2) is 25.4 Å². The molecule has 3 heterocycles. The van der Waals surface area contributed by atoms with E-state index in [0.717, 1.165) is 27.4 Å². The van der Waals surface area contributed by atoms with Crippen LogP contribution in [0.3, 0.4) is 0 Å². The number of para-hydroxylation sites is 2. The number of nitrogens with one attached hydrogen (secondary N) is 1. The molecule has 25 heavy (non-hydrogen) atoms. The minimum atomic E-state index is -0.148. The molecule has 1 aromatic carbocycles. The largest absolute Gasteiger partial charge is 0.344 e. The molecule has 0 aliphatic heterocycles. The van der Waals surface area contributed by atoms with Crippen LogP contribution in [-0.2, 0) is 13.6 Å². The third kappa shape index (κ3) is 3.01. The van der Waals surface area contributed by atoms with Gasteiger partial charge in [-0.2, -0.15) is 0 Å². The maximum Gasteiger partial charge on any atom is 0.263 e. The van der Waals surface area contributed by atoms with Crippen molar-refractivity contribution in [3.05, 3.63) is 65.7 Å². The zero-order valence-electron chi connectivity index (χ0n) is 13.5. The molecule has 3 aromatic heterocycles. The van der Waals surface area contributed by atoms with Crippen LogP contribution in [0.25, 0.3) is 21.6 Å². The van der Waals surface area contributed by atoms with E-state index in [2.05, 4.69) is 20.3 Å². The van der Waals surface area contributed by atoms with Crippen molar-refractivity contribution in [3.8, 4) is 10.6 Å². The lowest BCUT2D eigenvalue weighted by Gasteiger charge is -2.04. The van der Waals surface area contributed by atoms with E-state index < -0.39 is 0 Å². The molecular formula is C18H15N5OS. The summed E-state index contributed by atoms with van der Waals surface area (Å²) < 4.78 is 1.99. The number of rotatable bonds is 4. The molecule has 0 bridgehead atoms. The van der Waals surface area contributed by atoms with Gasteiger partial charge in [-0.1, -0.05) is 12.1 Å². The van der Waals surface area contributed by atoms with Crippen molar-refractivity contribution in [1.29, 1.82) is 0 Å².